The van der Waals surface area contributed by atoms with Crippen LogP contribution in [0.5, 0.6) is 5.75 Å². The van der Waals surface area contributed by atoms with Crippen molar-refractivity contribution >= 4 is 43.5 Å². The summed E-state index contributed by atoms with van der Waals surface area (Å²) in [4.78, 5) is 28.8. The summed E-state index contributed by atoms with van der Waals surface area (Å²) in [5.74, 6) is -0.0392. The number of benzene rings is 2. The molecule has 1 fully saturated rings. The van der Waals surface area contributed by atoms with E-state index in [1.165, 1.54) is 11.3 Å². The second kappa shape index (κ2) is 13.3. The van der Waals surface area contributed by atoms with Gasteiger partial charge in [-0.3, -0.25) is 13.9 Å². The molecule has 0 heterocycles. The van der Waals surface area contributed by atoms with Crippen molar-refractivity contribution in [1.29, 1.82) is 0 Å². The second-order valence-electron chi connectivity index (χ2n) is 9.36. The van der Waals surface area contributed by atoms with Crippen LogP contribution < -0.4 is 14.4 Å². The number of halogens is 1. The summed E-state index contributed by atoms with van der Waals surface area (Å²) in [6.45, 7) is 1.57. The highest BCUT2D eigenvalue weighted by atomic mass is 79.9. The van der Waals surface area contributed by atoms with Crippen LogP contribution in [0.4, 0.5) is 5.69 Å². The molecule has 0 unspecified atom stereocenters. The van der Waals surface area contributed by atoms with Crippen LogP contribution in [0, 0.1) is 0 Å². The zero-order valence-corrected chi connectivity index (χ0v) is 24.1. The van der Waals surface area contributed by atoms with Crippen LogP contribution in [-0.4, -0.2) is 57.1 Å². The molecule has 37 heavy (non-hydrogen) atoms. The van der Waals surface area contributed by atoms with Crippen molar-refractivity contribution < 1.29 is 22.7 Å². The van der Waals surface area contributed by atoms with E-state index in [1.54, 1.807) is 37.4 Å². The van der Waals surface area contributed by atoms with E-state index in [9.17, 15) is 18.0 Å². The normalized spacial score (nSPS) is 15.0. The van der Waals surface area contributed by atoms with Gasteiger partial charge < -0.3 is 15.0 Å². The quantitative estimate of drug-likeness (QED) is 0.414. The number of hydrogen-bond donors (Lipinski definition) is 1. The lowest BCUT2D eigenvalue weighted by molar-refractivity contribution is -0.140. The third kappa shape index (κ3) is 7.95. The highest BCUT2D eigenvalue weighted by Crippen LogP contribution is 2.28. The summed E-state index contributed by atoms with van der Waals surface area (Å²) in [7, 11) is -2.23. The molecule has 0 aliphatic heterocycles. The minimum absolute atomic E-state index is 0.0943. The summed E-state index contributed by atoms with van der Waals surface area (Å²) in [6.07, 6.45) is 6.63. The zero-order chi connectivity index (χ0) is 27.0. The van der Waals surface area contributed by atoms with Gasteiger partial charge in [0.05, 0.1) is 19.1 Å². The van der Waals surface area contributed by atoms with Crippen LogP contribution in [0.25, 0.3) is 0 Å². The number of hydrogen-bond acceptors (Lipinski definition) is 5. The third-order valence-electron chi connectivity index (χ3n) is 6.62. The lowest BCUT2D eigenvalue weighted by atomic mass is 9.95. The molecule has 2 amide bonds. The number of carbonyl (C=O) groups excluding carboxylic acids is 2. The van der Waals surface area contributed by atoms with E-state index >= 15 is 0 Å². The van der Waals surface area contributed by atoms with Gasteiger partial charge in [-0.2, -0.15) is 0 Å². The molecule has 1 aliphatic carbocycles. The Kier molecular flexibility index (Phi) is 10.4. The Hall–Kier alpha value is -2.59. The van der Waals surface area contributed by atoms with Crippen molar-refractivity contribution in [2.75, 3.05) is 24.2 Å². The SMILES string of the molecule is CC[C@H](C(=O)NC1CCCCC1)N(Cc1cccc(OC)c1)C(=O)CN(c1ccccc1Br)S(C)(=O)=O. The van der Waals surface area contributed by atoms with Gasteiger partial charge in [0.15, 0.2) is 0 Å². The van der Waals surface area contributed by atoms with Crippen LogP contribution in [0.1, 0.15) is 51.0 Å². The fourth-order valence-corrected chi connectivity index (χ4v) is 6.16. The number of sulfonamides is 1. The Bertz CT molecular complexity index is 1180. The number of ether oxygens (including phenoxy) is 1. The summed E-state index contributed by atoms with van der Waals surface area (Å²) >= 11 is 3.40. The van der Waals surface area contributed by atoms with Crippen molar-refractivity contribution in [3.05, 3.63) is 58.6 Å². The molecule has 202 valence electrons. The Morgan fingerprint density at radius 1 is 1.11 bits per heavy atom. The summed E-state index contributed by atoms with van der Waals surface area (Å²) in [5, 5.41) is 3.14. The molecule has 2 aromatic rings. The fourth-order valence-electron chi connectivity index (χ4n) is 4.68. The molecule has 1 atom stereocenters. The minimum Gasteiger partial charge on any atom is -0.497 e. The monoisotopic (exact) mass is 593 g/mol. The minimum atomic E-state index is -3.79. The van der Waals surface area contributed by atoms with Crippen LogP contribution in [0.15, 0.2) is 53.0 Å². The van der Waals surface area contributed by atoms with E-state index in [1.807, 2.05) is 25.1 Å². The molecule has 2 aromatic carbocycles. The predicted octanol–water partition coefficient (Wildman–Crippen LogP) is 4.48. The van der Waals surface area contributed by atoms with E-state index in [-0.39, 0.29) is 18.5 Å². The van der Waals surface area contributed by atoms with Crippen LogP contribution in [0.2, 0.25) is 0 Å². The Morgan fingerprint density at radius 3 is 2.43 bits per heavy atom. The van der Waals surface area contributed by atoms with E-state index in [4.69, 9.17) is 4.74 Å². The average molecular weight is 595 g/mol. The van der Waals surface area contributed by atoms with Gasteiger partial charge in [0.2, 0.25) is 21.8 Å². The van der Waals surface area contributed by atoms with Gasteiger partial charge in [-0.05, 0) is 65.0 Å². The highest BCUT2D eigenvalue weighted by Gasteiger charge is 2.33. The fraction of sp³-hybridized carbons (Fsp3) is 0.481. The first-order chi connectivity index (χ1) is 17.6. The van der Waals surface area contributed by atoms with Gasteiger partial charge in [0, 0.05) is 17.1 Å². The lowest BCUT2D eigenvalue weighted by Gasteiger charge is -2.34. The third-order valence-corrected chi connectivity index (χ3v) is 8.42. The second-order valence-corrected chi connectivity index (χ2v) is 12.1. The van der Waals surface area contributed by atoms with Crippen LogP contribution in [-0.2, 0) is 26.2 Å². The maximum Gasteiger partial charge on any atom is 0.244 e. The maximum atomic E-state index is 13.8. The summed E-state index contributed by atoms with van der Waals surface area (Å²) in [6, 6.07) is 13.5. The van der Waals surface area contributed by atoms with E-state index in [0.29, 0.717) is 22.3 Å². The van der Waals surface area contributed by atoms with Gasteiger partial charge in [0.1, 0.15) is 18.3 Å². The number of rotatable bonds is 11. The maximum absolute atomic E-state index is 13.8. The molecule has 0 spiro atoms. The molecule has 1 saturated carbocycles. The smallest absolute Gasteiger partial charge is 0.244 e. The molecule has 10 heteroatoms. The van der Waals surface area contributed by atoms with Gasteiger partial charge >= 0.3 is 0 Å². The number of para-hydroxylation sites is 1. The number of methoxy groups -OCH3 is 1. The first-order valence-electron chi connectivity index (χ1n) is 12.6. The largest absolute Gasteiger partial charge is 0.497 e. The average Bonchev–Trinajstić information content (AvgIpc) is 2.87. The van der Waals surface area contributed by atoms with Crippen molar-refractivity contribution in [2.24, 2.45) is 0 Å². The topological polar surface area (TPSA) is 96.0 Å². The number of nitrogens with one attached hydrogen (secondary N) is 1. The number of amides is 2. The van der Waals surface area contributed by atoms with E-state index in [2.05, 4.69) is 21.2 Å². The van der Waals surface area contributed by atoms with Gasteiger partial charge in [-0.15, -0.1) is 0 Å². The Balaban J connectivity index is 1.93. The molecule has 1 N–H and O–H groups in total. The summed E-state index contributed by atoms with van der Waals surface area (Å²) < 4.78 is 32.5. The van der Waals surface area contributed by atoms with Gasteiger partial charge in [-0.25, -0.2) is 8.42 Å². The van der Waals surface area contributed by atoms with E-state index in [0.717, 1.165) is 41.8 Å². The lowest BCUT2D eigenvalue weighted by Crippen LogP contribution is -2.54. The van der Waals surface area contributed by atoms with Crippen molar-refractivity contribution in [1.82, 2.24) is 10.2 Å². The molecule has 3 rings (SSSR count). The van der Waals surface area contributed by atoms with Crippen molar-refractivity contribution in [2.45, 2.75) is 64.1 Å². The zero-order valence-electron chi connectivity index (χ0n) is 21.7. The number of anilines is 1. The number of carbonyl (C=O) groups is 2. The molecule has 8 nitrogen and oxygen atoms in total. The molecule has 0 saturated heterocycles. The predicted molar refractivity (Wildman–Crippen MR) is 149 cm³/mol. The molecular formula is C27H36BrN3O5S. The van der Waals surface area contributed by atoms with Crippen LogP contribution >= 0.6 is 15.9 Å². The molecule has 0 aromatic heterocycles. The first kappa shape index (κ1) is 29.0. The molecule has 1 aliphatic rings. The Morgan fingerprint density at radius 2 is 1.81 bits per heavy atom. The molecule has 0 radical (unpaired) electrons. The van der Waals surface area contributed by atoms with Gasteiger partial charge in [0.25, 0.3) is 0 Å². The highest BCUT2D eigenvalue weighted by molar-refractivity contribution is 9.10. The molecular weight excluding hydrogens is 558 g/mol. The van der Waals surface area contributed by atoms with E-state index < -0.39 is 28.5 Å². The van der Waals surface area contributed by atoms with Crippen molar-refractivity contribution in [3.8, 4) is 5.75 Å². The standard InChI is InChI=1S/C27H36BrN3O5S/c1-4-24(27(33)29-21-12-6-5-7-13-21)30(18-20-11-10-14-22(17-20)36-2)26(32)19-31(37(3,34)35)25-16-9-8-15-23(25)28/h8-11,14-17,21,24H,4-7,12-13,18-19H2,1-3H3,(H,29,33)/t24-/m1/s1. The summed E-state index contributed by atoms with van der Waals surface area (Å²) in [5.41, 5.74) is 1.14. The molecule has 0 bridgehead atoms. The Labute approximate surface area is 228 Å². The first-order valence-corrected chi connectivity index (χ1v) is 15.2. The van der Waals surface area contributed by atoms with Gasteiger partial charge in [-0.1, -0.05) is 50.5 Å². The van der Waals surface area contributed by atoms with Crippen LogP contribution in [0.3, 0.4) is 0 Å². The number of nitrogens with zero attached hydrogens (tertiary/aromatic N) is 2. The van der Waals surface area contributed by atoms with Crippen molar-refractivity contribution in [3.63, 3.8) is 0 Å².